The minimum absolute atomic E-state index is 0.0800. The summed E-state index contributed by atoms with van der Waals surface area (Å²) in [5, 5.41) is 9.03. The number of nitrogens with zero attached hydrogens (tertiary/aromatic N) is 3. The Balaban J connectivity index is 1.52. The number of carboxylic acid groups (broad SMARTS) is 1. The Morgan fingerprint density at radius 3 is 2.46 bits per heavy atom. The van der Waals surface area contributed by atoms with Gasteiger partial charge in [-0.25, -0.2) is 9.59 Å². The number of pyridine rings is 1. The highest BCUT2D eigenvalue weighted by Crippen LogP contribution is 2.30. The van der Waals surface area contributed by atoms with E-state index in [2.05, 4.69) is 9.88 Å². The lowest BCUT2D eigenvalue weighted by Crippen LogP contribution is -2.53. The van der Waals surface area contributed by atoms with Gasteiger partial charge >= 0.3 is 12.1 Å². The second kappa shape index (κ2) is 7.98. The van der Waals surface area contributed by atoms with Crippen molar-refractivity contribution in [1.29, 1.82) is 0 Å². The maximum absolute atomic E-state index is 13.0. The number of hydrogen-bond acceptors (Lipinski definition) is 5. The first kappa shape index (κ1) is 18.4. The summed E-state index contributed by atoms with van der Waals surface area (Å²) >= 11 is 0. The standard InChI is InChI=1S/C21H23N3O4/c25-20(26)16-6-7-17(22-12-16)13-24(18-4-2-1-3-5-18)21(27)28-19-14-23-10-8-15(19)9-11-23/h1-7,12,15,19H,8-11,13-14H2,(H,25,26)/t19-/m0/s1. The number of carboxylic acids is 1. The lowest BCUT2D eigenvalue weighted by atomic mass is 9.86. The van der Waals surface area contributed by atoms with Crippen LogP contribution in [0.25, 0.3) is 0 Å². The highest BCUT2D eigenvalue weighted by molar-refractivity contribution is 5.88. The molecule has 0 unspecified atom stereocenters. The number of hydrogen-bond donors (Lipinski definition) is 1. The van der Waals surface area contributed by atoms with E-state index in [1.165, 1.54) is 12.3 Å². The van der Waals surface area contributed by atoms with E-state index in [9.17, 15) is 9.59 Å². The Bertz CT molecular complexity index is 832. The number of aromatic nitrogens is 1. The first-order chi connectivity index (χ1) is 13.6. The first-order valence-electron chi connectivity index (χ1n) is 9.54. The lowest BCUT2D eigenvalue weighted by Gasteiger charge is -2.44. The number of benzene rings is 1. The van der Waals surface area contributed by atoms with Crippen LogP contribution in [0, 0.1) is 5.92 Å². The molecule has 0 aliphatic carbocycles. The number of anilines is 1. The van der Waals surface area contributed by atoms with Crippen molar-refractivity contribution in [2.75, 3.05) is 24.5 Å². The van der Waals surface area contributed by atoms with Gasteiger partial charge in [-0.05, 0) is 56.1 Å². The zero-order valence-corrected chi connectivity index (χ0v) is 15.5. The largest absolute Gasteiger partial charge is 0.478 e. The summed E-state index contributed by atoms with van der Waals surface area (Å²) in [6, 6.07) is 12.4. The third kappa shape index (κ3) is 3.99. The normalized spacial score (nSPS) is 23.2. The zero-order valence-electron chi connectivity index (χ0n) is 15.5. The van der Waals surface area contributed by atoms with Crippen LogP contribution in [-0.2, 0) is 11.3 Å². The van der Waals surface area contributed by atoms with Crippen molar-refractivity contribution in [1.82, 2.24) is 9.88 Å². The Hall–Kier alpha value is -2.93. The summed E-state index contributed by atoms with van der Waals surface area (Å²) in [4.78, 5) is 32.1. The molecular weight excluding hydrogens is 358 g/mol. The molecule has 3 aliphatic heterocycles. The van der Waals surface area contributed by atoms with Gasteiger partial charge < -0.3 is 9.84 Å². The molecule has 1 atom stereocenters. The van der Waals surface area contributed by atoms with Crippen LogP contribution < -0.4 is 4.90 Å². The SMILES string of the molecule is O=C(O)c1ccc(CN(C(=O)O[C@H]2CN3CCC2CC3)c2ccccc2)nc1. The van der Waals surface area contributed by atoms with Gasteiger partial charge in [-0.15, -0.1) is 0 Å². The van der Waals surface area contributed by atoms with Crippen LogP contribution in [0.1, 0.15) is 28.9 Å². The summed E-state index contributed by atoms with van der Waals surface area (Å²) in [6.45, 7) is 3.18. The third-order valence-corrected chi connectivity index (χ3v) is 5.53. The molecule has 4 heterocycles. The Morgan fingerprint density at radius 2 is 1.89 bits per heavy atom. The van der Waals surface area contributed by atoms with E-state index < -0.39 is 12.1 Å². The Morgan fingerprint density at radius 1 is 1.14 bits per heavy atom. The molecule has 5 rings (SSSR count). The summed E-state index contributed by atoms with van der Waals surface area (Å²) in [6.07, 6.45) is 2.97. The molecule has 1 N–H and O–H groups in total. The van der Waals surface area contributed by atoms with Crippen molar-refractivity contribution in [3.8, 4) is 0 Å². The number of carbonyl (C=O) groups is 2. The van der Waals surface area contributed by atoms with Gasteiger partial charge in [0.25, 0.3) is 0 Å². The van der Waals surface area contributed by atoms with Gasteiger partial charge in [0.1, 0.15) is 6.10 Å². The van der Waals surface area contributed by atoms with Gasteiger partial charge in [0.2, 0.25) is 0 Å². The van der Waals surface area contributed by atoms with E-state index in [0.29, 0.717) is 11.6 Å². The van der Waals surface area contributed by atoms with Crippen molar-refractivity contribution in [3.63, 3.8) is 0 Å². The monoisotopic (exact) mass is 381 g/mol. The first-order valence-corrected chi connectivity index (χ1v) is 9.54. The van der Waals surface area contributed by atoms with Gasteiger partial charge in [-0.2, -0.15) is 0 Å². The second-order valence-electron chi connectivity index (χ2n) is 7.33. The van der Waals surface area contributed by atoms with Crippen molar-refractivity contribution in [3.05, 3.63) is 59.9 Å². The quantitative estimate of drug-likeness (QED) is 0.857. The van der Waals surface area contributed by atoms with Crippen LogP contribution in [0.15, 0.2) is 48.7 Å². The molecular formula is C21H23N3O4. The fraction of sp³-hybridized carbons (Fsp3) is 0.381. The number of ether oxygens (including phenoxy) is 1. The van der Waals surface area contributed by atoms with Crippen molar-refractivity contribution in [2.24, 2.45) is 5.92 Å². The maximum Gasteiger partial charge on any atom is 0.414 e. The zero-order chi connectivity index (χ0) is 19.5. The minimum atomic E-state index is -1.03. The van der Waals surface area contributed by atoms with Crippen LogP contribution in [0.4, 0.5) is 10.5 Å². The molecule has 0 saturated carbocycles. The van der Waals surface area contributed by atoms with Crippen LogP contribution in [0.3, 0.4) is 0 Å². The van der Waals surface area contributed by atoms with Crippen molar-refractivity contribution < 1.29 is 19.4 Å². The average Bonchev–Trinajstić information content (AvgIpc) is 2.74. The van der Waals surface area contributed by atoms with Crippen LogP contribution >= 0.6 is 0 Å². The molecule has 2 bridgehead atoms. The number of aromatic carboxylic acids is 1. The van der Waals surface area contributed by atoms with Crippen LogP contribution in [-0.4, -0.2) is 52.8 Å². The minimum Gasteiger partial charge on any atom is -0.478 e. The fourth-order valence-electron chi connectivity index (χ4n) is 3.91. The van der Waals surface area contributed by atoms with E-state index in [1.807, 2.05) is 30.3 Å². The molecule has 28 heavy (non-hydrogen) atoms. The van der Waals surface area contributed by atoms with Gasteiger partial charge in [-0.3, -0.25) is 14.8 Å². The van der Waals surface area contributed by atoms with E-state index in [-0.39, 0.29) is 18.2 Å². The van der Waals surface area contributed by atoms with Crippen LogP contribution in [0.5, 0.6) is 0 Å². The molecule has 1 aromatic heterocycles. The molecule has 146 valence electrons. The summed E-state index contributed by atoms with van der Waals surface area (Å²) < 4.78 is 5.90. The maximum atomic E-state index is 13.0. The molecule has 7 nitrogen and oxygen atoms in total. The van der Waals surface area contributed by atoms with Crippen LogP contribution in [0.2, 0.25) is 0 Å². The number of carbonyl (C=O) groups excluding carboxylic acids is 1. The molecule has 0 radical (unpaired) electrons. The molecule has 3 aliphatic rings. The molecule has 1 amide bonds. The summed E-state index contributed by atoms with van der Waals surface area (Å²) in [5.74, 6) is -0.597. The molecule has 2 aromatic rings. The number of amides is 1. The number of piperidine rings is 3. The molecule has 3 fully saturated rings. The predicted octanol–water partition coefficient (Wildman–Crippen LogP) is 3.02. The smallest absolute Gasteiger partial charge is 0.414 e. The van der Waals surface area contributed by atoms with Gasteiger partial charge in [0.15, 0.2) is 0 Å². The number of para-hydroxylation sites is 1. The summed E-state index contributed by atoms with van der Waals surface area (Å²) in [7, 11) is 0. The van der Waals surface area contributed by atoms with Gasteiger partial charge in [0.05, 0.1) is 17.8 Å². The molecule has 7 heteroatoms. The van der Waals surface area contributed by atoms with Gasteiger partial charge in [-0.1, -0.05) is 18.2 Å². The highest BCUT2D eigenvalue weighted by atomic mass is 16.6. The fourth-order valence-corrected chi connectivity index (χ4v) is 3.91. The molecule has 0 spiro atoms. The number of rotatable bonds is 5. The lowest BCUT2D eigenvalue weighted by molar-refractivity contribution is -0.0311. The molecule has 1 aromatic carbocycles. The Kier molecular flexibility index (Phi) is 5.25. The second-order valence-corrected chi connectivity index (χ2v) is 7.33. The predicted molar refractivity (Wildman–Crippen MR) is 103 cm³/mol. The van der Waals surface area contributed by atoms with Gasteiger partial charge in [0, 0.05) is 18.4 Å². The molecule has 3 saturated heterocycles. The van der Waals surface area contributed by atoms with Crippen molar-refractivity contribution in [2.45, 2.75) is 25.5 Å². The number of fused-ring (bicyclic) bond motifs is 3. The highest BCUT2D eigenvalue weighted by Gasteiger charge is 2.37. The average molecular weight is 381 g/mol. The Labute approximate surface area is 163 Å². The van der Waals surface area contributed by atoms with E-state index in [0.717, 1.165) is 38.2 Å². The van der Waals surface area contributed by atoms with Crippen molar-refractivity contribution >= 4 is 17.7 Å². The van der Waals surface area contributed by atoms with E-state index in [4.69, 9.17) is 9.84 Å². The topological polar surface area (TPSA) is 83.0 Å². The van der Waals surface area contributed by atoms with E-state index in [1.54, 1.807) is 11.0 Å². The summed E-state index contributed by atoms with van der Waals surface area (Å²) in [5.41, 5.74) is 1.43. The third-order valence-electron chi connectivity index (χ3n) is 5.53. The van der Waals surface area contributed by atoms with E-state index >= 15 is 0 Å².